The van der Waals surface area contributed by atoms with Crippen molar-refractivity contribution in [2.75, 3.05) is 20.2 Å². The van der Waals surface area contributed by atoms with Gasteiger partial charge >= 0.3 is 5.69 Å². The lowest BCUT2D eigenvalue weighted by Gasteiger charge is -2.14. The molecule has 8 nitrogen and oxygen atoms in total. The molecular weight excluding hydrogens is 374 g/mol. The highest BCUT2D eigenvalue weighted by Gasteiger charge is 2.21. The average molecular weight is 392 g/mol. The van der Waals surface area contributed by atoms with Crippen molar-refractivity contribution in [3.8, 4) is 17.2 Å². The van der Waals surface area contributed by atoms with Gasteiger partial charge in [0, 0.05) is 29.2 Å². The lowest BCUT2D eigenvalue weighted by atomic mass is 10.1. The number of nitro groups is 1. The average Bonchev–Trinajstić information content (AvgIpc) is 3.16. The largest absolute Gasteiger partial charge is 0.493 e. The van der Waals surface area contributed by atoms with Crippen LogP contribution < -0.4 is 20.1 Å². The van der Waals surface area contributed by atoms with Crippen LogP contribution in [0.5, 0.6) is 17.2 Å². The van der Waals surface area contributed by atoms with E-state index in [0.29, 0.717) is 5.56 Å². The highest BCUT2D eigenvalue weighted by Crippen LogP contribution is 2.37. The molecular formula is C18H18ClN3O5. The van der Waals surface area contributed by atoms with Crippen molar-refractivity contribution in [1.29, 1.82) is 0 Å². The predicted octanol–water partition coefficient (Wildman–Crippen LogP) is 3.14. The summed E-state index contributed by atoms with van der Waals surface area (Å²) in [6.45, 7) is 1.62. The molecule has 1 saturated heterocycles. The summed E-state index contributed by atoms with van der Waals surface area (Å²) in [7, 11) is 1.43. The number of nitro benzene ring substituents is 1. The molecule has 2 aromatic carbocycles. The first-order chi connectivity index (χ1) is 13.0. The molecule has 2 aromatic rings. The zero-order valence-corrected chi connectivity index (χ0v) is 15.3. The Bertz CT molecular complexity index is 868. The number of hydrogen-bond donors (Lipinski definition) is 2. The first kappa shape index (κ1) is 18.9. The van der Waals surface area contributed by atoms with E-state index in [4.69, 9.17) is 21.1 Å². The number of benzene rings is 2. The molecule has 1 atom stereocenters. The van der Waals surface area contributed by atoms with Crippen molar-refractivity contribution < 1.29 is 19.2 Å². The van der Waals surface area contributed by atoms with E-state index in [1.54, 1.807) is 12.1 Å². The molecule has 1 unspecified atom stereocenters. The minimum atomic E-state index is -0.578. The molecule has 0 bridgehead atoms. The summed E-state index contributed by atoms with van der Waals surface area (Å²) in [6.07, 6.45) is 0.879. The Kier molecular flexibility index (Phi) is 5.78. The fourth-order valence-electron chi connectivity index (χ4n) is 2.78. The number of methoxy groups -OCH3 is 1. The van der Waals surface area contributed by atoms with Gasteiger partial charge in [0.05, 0.1) is 12.0 Å². The maximum Gasteiger partial charge on any atom is 0.313 e. The van der Waals surface area contributed by atoms with Crippen molar-refractivity contribution in [2.45, 2.75) is 12.5 Å². The van der Waals surface area contributed by atoms with Gasteiger partial charge in [-0.1, -0.05) is 11.6 Å². The van der Waals surface area contributed by atoms with Crippen molar-refractivity contribution in [2.24, 2.45) is 0 Å². The number of nitrogens with one attached hydrogen (secondary N) is 2. The van der Waals surface area contributed by atoms with Crippen LogP contribution in [-0.2, 0) is 0 Å². The number of halogens is 1. The number of ether oxygens (including phenoxy) is 2. The third-order valence-corrected chi connectivity index (χ3v) is 4.39. The number of carbonyl (C=O) groups excluding carboxylic acids is 1. The molecule has 0 radical (unpaired) electrons. The number of amides is 1. The molecule has 0 aliphatic carbocycles. The van der Waals surface area contributed by atoms with Crippen molar-refractivity contribution in [3.63, 3.8) is 0 Å². The van der Waals surface area contributed by atoms with Crippen LogP contribution in [0.1, 0.15) is 16.8 Å². The fourth-order valence-corrected chi connectivity index (χ4v) is 2.94. The van der Waals surface area contributed by atoms with Gasteiger partial charge in [-0.2, -0.15) is 0 Å². The summed E-state index contributed by atoms with van der Waals surface area (Å²) >= 11 is 5.81. The molecule has 0 spiro atoms. The zero-order valence-electron chi connectivity index (χ0n) is 14.5. The molecule has 1 aliphatic rings. The number of carbonyl (C=O) groups is 1. The van der Waals surface area contributed by atoms with Gasteiger partial charge in [0.25, 0.3) is 5.91 Å². The van der Waals surface area contributed by atoms with E-state index in [1.165, 1.54) is 31.4 Å². The maximum absolute atomic E-state index is 12.4. The van der Waals surface area contributed by atoms with E-state index in [1.807, 2.05) is 0 Å². The summed E-state index contributed by atoms with van der Waals surface area (Å²) in [4.78, 5) is 23.0. The monoisotopic (exact) mass is 391 g/mol. The van der Waals surface area contributed by atoms with E-state index >= 15 is 0 Å². The second kappa shape index (κ2) is 8.24. The summed E-state index contributed by atoms with van der Waals surface area (Å²) in [5.74, 6) is 0.349. The lowest BCUT2D eigenvalue weighted by Crippen LogP contribution is -2.36. The van der Waals surface area contributed by atoms with Crippen molar-refractivity contribution in [3.05, 3.63) is 57.1 Å². The first-order valence-electron chi connectivity index (χ1n) is 8.29. The number of hydrogen-bond acceptors (Lipinski definition) is 6. The Hall–Kier alpha value is -2.84. The Morgan fingerprint density at radius 2 is 2.04 bits per heavy atom. The summed E-state index contributed by atoms with van der Waals surface area (Å²) < 4.78 is 10.9. The van der Waals surface area contributed by atoms with Gasteiger partial charge in [-0.05, 0) is 43.3 Å². The van der Waals surface area contributed by atoms with E-state index in [2.05, 4.69) is 10.6 Å². The lowest BCUT2D eigenvalue weighted by molar-refractivity contribution is -0.385. The third-order valence-electron chi connectivity index (χ3n) is 4.16. The van der Waals surface area contributed by atoms with Crippen molar-refractivity contribution in [1.82, 2.24) is 10.6 Å². The molecule has 2 N–H and O–H groups in total. The quantitative estimate of drug-likeness (QED) is 0.579. The molecule has 0 saturated carbocycles. The van der Waals surface area contributed by atoms with Crippen molar-refractivity contribution >= 4 is 23.2 Å². The van der Waals surface area contributed by atoms with Gasteiger partial charge in [0.1, 0.15) is 0 Å². The Morgan fingerprint density at radius 1 is 1.26 bits per heavy atom. The highest BCUT2D eigenvalue weighted by atomic mass is 35.5. The molecule has 1 amide bonds. The van der Waals surface area contributed by atoms with Gasteiger partial charge in [-0.15, -0.1) is 0 Å². The molecule has 142 valence electrons. The number of nitrogens with zero attached hydrogens (tertiary/aromatic N) is 1. The summed E-state index contributed by atoms with van der Waals surface area (Å²) in [5.41, 5.74) is 0.150. The van der Waals surface area contributed by atoms with Gasteiger partial charge in [0.2, 0.25) is 5.75 Å². The van der Waals surface area contributed by atoms with Crippen LogP contribution in [0.4, 0.5) is 5.69 Å². The highest BCUT2D eigenvalue weighted by molar-refractivity contribution is 6.30. The third kappa shape index (κ3) is 4.47. The summed E-state index contributed by atoms with van der Waals surface area (Å²) in [5, 5.41) is 17.6. The van der Waals surface area contributed by atoms with Gasteiger partial charge in [-0.25, -0.2) is 0 Å². The van der Waals surface area contributed by atoms with Gasteiger partial charge in [-0.3, -0.25) is 14.9 Å². The summed E-state index contributed by atoms with van der Waals surface area (Å²) in [6, 6.07) is 8.86. The predicted molar refractivity (Wildman–Crippen MR) is 99.9 cm³/mol. The van der Waals surface area contributed by atoms with Gasteiger partial charge < -0.3 is 20.1 Å². The molecule has 0 aromatic heterocycles. The fraction of sp³-hybridized carbons (Fsp3) is 0.278. The molecule has 3 rings (SSSR count). The Balaban J connectivity index is 1.82. The minimum absolute atomic E-state index is 0.0249. The maximum atomic E-state index is 12.4. The molecule has 1 heterocycles. The van der Waals surface area contributed by atoms with E-state index in [-0.39, 0.29) is 39.9 Å². The van der Waals surface area contributed by atoms with E-state index in [9.17, 15) is 14.9 Å². The number of rotatable bonds is 6. The molecule has 9 heteroatoms. The van der Waals surface area contributed by atoms with Crippen LogP contribution in [0.2, 0.25) is 5.02 Å². The van der Waals surface area contributed by atoms with E-state index < -0.39 is 4.92 Å². The topological polar surface area (TPSA) is 103 Å². The van der Waals surface area contributed by atoms with Crippen LogP contribution in [0.15, 0.2) is 36.4 Å². The second-order valence-corrected chi connectivity index (χ2v) is 6.44. The van der Waals surface area contributed by atoms with Crippen LogP contribution in [-0.4, -0.2) is 37.1 Å². The smallest absolute Gasteiger partial charge is 0.313 e. The van der Waals surface area contributed by atoms with Crippen LogP contribution in [0.3, 0.4) is 0 Å². The molecule has 27 heavy (non-hydrogen) atoms. The Morgan fingerprint density at radius 3 is 2.70 bits per heavy atom. The van der Waals surface area contributed by atoms with Crippen LogP contribution >= 0.6 is 11.6 Å². The van der Waals surface area contributed by atoms with Crippen LogP contribution in [0.25, 0.3) is 0 Å². The standard InChI is InChI=1S/C18H18ClN3O5/c1-26-17-8-11(18(23)21-13-6-7-20-10-13)2-4-16(17)27-15-5-3-12(19)9-14(15)22(24)25/h2-5,8-9,13,20H,6-7,10H2,1H3,(H,21,23). The Labute approximate surface area is 160 Å². The second-order valence-electron chi connectivity index (χ2n) is 6.00. The van der Waals surface area contributed by atoms with Crippen LogP contribution in [0, 0.1) is 10.1 Å². The SMILES string of the molecule is COc1cc(C(=O)NC2CCNC2)ccc1Oc1ccc(Cl)cc1[N+](=O)[O-]. The molecule has 1 fully saturated rings. The minimum Gasteiger partial charge on any atom is -0.493 e. The normalized spacial score (nSPS) is 16.0. The van der Waals surface area contributed by atoms with E-state index in [0.717, 1.165) is 19.5 Å². The first-order valence-corrected chi connectivity index (χ1v) is 8.67. The molecule has 1 aliphatic heterocycles. The van der Waals surface area contributed by atoms with Gasteiger partial charge in [0.15, 0.2) is 11.5 Å². The zero-order chi connectivity index (χ0) is 19.4.